The van der Waals surface area contributed by atoms with E-state index in [0.717, 1.165) is 38.6 Å². The van der Waals surface area contributed by atoms with Crippen molar-refractivity contribution in [3.05, 3.63) is 250 Å². The van der Waals surface area contributed by atoms with Gasteiger partial charge in [-0.2, -0.15) is 0 Å². The molecule has 3 aliphatic carbocycles. The number of benzene rings is 9. The lowest BCUT2D eigenvalue weighted by Gasteiger charge is -2.33. The lowest BCUT2D eigenvalue weighted by molar-refractivity contribution is 0.660. The van der Waals surface area contributed by atoms with E-state index in [1.807, 2.05) is 0 Å². The van der Waals surface area contributed by atoms with Gasteiger partial charge in [-0.1, -0.05) is 175 Å². The Morgan fingerprint density at radius 1 is 0.295 bits per heavy atom. The van der Waals surface area contributed by atoms with Crippen molar-refractivity contribution in [2.45, 2.75) is 24.7 Å². The molecule has 0 unspecified atom stereocenters. The second-order valence-electron chi connectivity index (χ2n) is 17.0. The van der Waals surface area contributed by atoms with Gasteiger partial charge in [0.15, 0.2) is 0 Å². The Morgan fingerprint density at radius 2 is 0.656 bits per heavy atom. The van der Waals surface area contributed by atoms with Crippen LogP contribution in [0.1, 0.15) is 47.2 Å². The van der Waals surface area contributed by atoms with Crippen LogP contribution in [-0.4, -0.2) is 0 Å². The van der Waals surface area contributed by atoms with E-state index in [1.165, 1.54) is 66.8 Å². The number of hydrogen-bond acceptors (Lipinski definition) is 2. The molecule has 3 heteroatoms. The van der Waals surface area contributed by atoms with Gasteiger partial charge in [-0.15, -0.1) is 0 Å². The summed E-state index contributed by atoms with van der Waals surface area (Å²) in [7, 11) is 0. The van der Waals surface area contributed by atoms with E-state index in [-0.39, 0.29) is 5.41 Å². The maximum Gasteiger partial charge on any atom is 0.0726 e. The van der Waals surface area contributed by atoms with Crippen molar-refractivity contribution in [1.82, 2.24) is 0 Å². The SMILES string of the molecule is CC1(C)c2ccccc2-c2ccc(N(c3ccccc3)c3cc(Br)cc(N(c4ccccc4)c4ccc5c(c4)C4(c6ccccc6-c6ccccc64)c4ccccc4-5)c3)cc21. The third-order valence-electron chi connectivity index (χ3n) is 13.5. The molecule has 12 rings (SSSR count). The molecule has 0 bridgehead atoms. The van der Waals surface area contributed by atoms with Crippen molar-refractivity contribution in [3.8, 4) is 33.4 Å². The molecule has 3 aliphatic rings. The highest BCUT2D eigenvalue weighted by Crippen LogP contribution is 2.63. The molecule has 0 radical (unpaired) electrons. The molecule has 0 saturated carbocycles. The predicted octanol–water partition coefficient (Wildman–Crippen LogP) is 16.0. The second kappa shape index (κ2) is 13.5. The van der Waals surface area contributed by atoms with Gasteiger partial charge in [0.1, 0.15) is 0 Å². The maximum absolute atomic E-state index is 4.03. The van der Waals surface area contributed by atoms with Gasteiger partial charge >= 0.3 is 0 Å². The average molecular weight is 846 g/mol. The summed E-state index contributed by atoms with van der Waals surface area (Å²) in [6.07, 6.45) is 0. The van der Waals surface area contributed by atoms with Crippen LogP contribution in [0.3, 0.4) is 0 Å². The molecule has 9 aromatic carbocycles. The molecule has 0 heterocycles. The van der Waals surface area contributed by atoms with Crippen molar-refractivity contribution >= 4 is 50.1 Å². The Hall–Kier alpha value is -6.94. The van der Waals surface area contributed by atoms with E-state index in [2.05, 4.69) is 252 Å². The summed E-state index contributed by atoms with van der Waals surface area (Å²) >= 11 is 4.03. The zero-order valence-corrected chi connectivity index (χ0v) is 35.6. The summed E-state index contributed by atoms with van der Waals surface area (Å²) in [6.45, 7) is 4.70. The third-order valence-corrected chi connectivity index (χ3v) is 13.9. The van der Waals surface area contributed by atoms with Gasteiger partial charge in [-0.25, -0.2) is 0 Å². The van der Waals surface area contributed by atoms with Crippen LogP contribution in [0, 0.1) is 0 Å². The number of para-hydroxylation sites is 2. The summed E-state index contributed by atoms with van der Waals surface area (Å²) in [5, 5.41) is 0. The number of halogens is 1. The van der Waals surface area contributed by atoms with E-state index in [0.29, 0.717) is 0 Å². The Kier molecular flexibility index (Phi) is 7.98. The van der Waals surface area contributed by atoms with Crippen LogP contribution in [0.4, 0.5) is 34.1 Å². The fraction of sp³-hybridized carbons (Fsp3) is 0.0690. The minimum Gasteiger partial charge on any atom is -0.310 e. The first-order valence-corrected chi connectivity index (χ1v) is 21.9. The third kappa shape index (κ3) is 5.20. The first-order valence-electron chi connectivity index (χ1n) is 21.1. The highest BCUT2D eigenvalue weighted by molar-refractivity contribution is 9.10. The number of rotatable bonds is 6. The van der Waals surface area contributed by atoms with E-state index >= 15 is 0 Å². The van der Waals surface area contributed by atoms with Gasteiger partial charge in [0.2, 0.25) is 0 Å². The molecule has 0 saturated heterocycles. The highest BCUT2D eigenvalue weighted by Gasteiger charge is 2.51. The molecule has 9 aromatic rings. The fourth-order valence-electron chi connectivity index (χ4n) is 10.9. The summed E-state index contributed by atoms with van der Waals surface area (Å²) in [4.78, 5) is 4.82. The number of fused-ring (bicyclic) bond motifs is 13. The van der Waals surface area contributed by atoms with E-state index < -0.39 is 5.41 Å². The van der Waals surface area contributed by atoms with Crippen LogP contribution in [-0.2, 0) is 10.8 Å². The minimum atomic E-state index is -0.439. The van der Waals surface area contributed by atoms with E-state index in [1.54, 1.807) is 0 Å². The smallest absolute Gasteiger partial charge is 0.0726 e. The molecule has 0 amide bonds. The lowest BCUT2D eigenvalue weighted by atomic mass is 9.70. The minimum absolute atomic E-state index is 0.123. The average Bonchev–Trinajstić information content (AvgIpc) is 3.85. The summed E-state index contributed by atoms with van der Waals surface area (Å²) in [5.41, 5.74) is 21.9. The van der Waals surface area contributed by atoms with Crippen LogP contribution >= 0.6 is 15.9 Å². The fourth-order valence-corrected chi connectivity index (χ4v) is 11.4. The molecule has 0 fully saturated rings. The quantitative estimate of drug-likeness (QED) is 0.165. The van der Waals surface area contributed by atoms with Crippen molar-refractivity contribution in [2.24, 2.45) is 0 Å². The Morgan fingerprint density at radius 3 is 1.13 bits per heavy atom. The zero-order valence-electron chi connectivity index (χ0n) is 34.0. The van der Waals surface area contributed by atoms with Gasteiger partial charge < -0.3 is 9.80 Å². The molecule has 0 aliphatic heterocycles. The number of hydrogen-bond donors (Lipinski definition) is 0. The van der Waals surface area contributed by atoms with Crippen LogP contribution in [0.5, 0.6) is 0 Å². The molecular weight excluding hydrogens is 805 g/mol. The van der Waals surface area contributed by atoms with E-state index in [4.69, 9.17) is 0 Å². The Bertz CT molecular complexity index is 3140. The molecule has 1 spiro atoms. The number of nitrogens with zero attached hydrogens (tertiary/aromatic N) is 2. The first-order chi connectivity index (χ1) is 29.9. The van der Waals surface area contributed by atoms with Gasteiger partial charge in [0, 0.05) is 44.0 Å². The van der Waals surface area contributed by atoms with Crippen molar-refractivity contribution < 1.29 is 0 Å². The van der Waals surface area contributed by atoms with Crippen LogP contribution in [0.15, 0.2) is 217 Å². The number of anilines is 6. The normalized spacial score (nSPS) is 14.1. The monoisotopic (exact) mass is 844 g/mol. The van der Waals surface area contributed by atoms with Crippen molar-refractivity contribution in [3.63, 3.8) is 0 Å². The summed E-state index contributed by atoms with van der Waals surface area (Å²) < 4.78 is 0.999. The van der Waals surface area contributed by atoms with Gasteiger partial charge in [0.25, 0.3) is 0 Å². The highest BCUT2D eigenvalue weighted by atomic mass is 79.9. The van der Waals surface area contributed by atoms with Gasteiger partial charge in [-0.05, 0) is 133 Å². The second-order valence-corrected chi connectivity index (χ2v) is 17.9. The summed E-state index contributed by atoms with van der Waals surface area (Å²) in [6, 6.07) is 78.5. The zero-order chi connectivity index (χ0) is 40.9. The predicted molar refractivity (Wildman–Crippen MR) is 257 cm³/mol. The van der Waals surface area contributed by atoms with Crippen molar-refractivity contribution in [1.29, 1.82) is 0 Å². The molecule has 2 nitrogen and oxygen atoms in total. The topological polar surface area (TPSA) is 6.48 Å². The standard InChI is InChI=1S/C58H41BrN2/c1-57(2)51-25-13-9-21-45(51)49-31-29-41(36-55(49)57)60(39-17-5-3-6-18-39)43-33-38(59)34-44(35-43)61(40-19-7-4-8-20-40)42-30-32-50-48-24-12-16-28-54(48)58(56(50)37-42)52-26-14-10-22-46(52)47-23-11-15-27-53(47)58/h3-37H,1-2H3. The molecule has 0 aromatic heterocycles. The largest absolute Gasteiger partial charge is 0.310 e. The molecule has 0 N–H and O–H groups in total. The summed E-state index contributed by atoms with van der Waals surface area (Å²) in [5.74, 6) is 0. The Labute approximate surface area is 366 Å². The van der Waals surface area contributed by atoms with Gasteiger partial charge in [-0.3, -0.25) is 0 Å². The molecular formula is C58H41BrN2. The molecule has 61 heavy (non-hydrogen) atoms. The van der Waals surface area contributed by atoms with Crippen LogP contribution in [0.25, 0.3) is 33.4 Å². The van der Waals surface area contributed by atoms with Crippen LogP contribution < -0.4 is 9.80 Å². The van der Waals surface area contributed by atoms with Crippen LogP contribution in [0.2, 0.25) is 0 Å². The Balaban J connectivity index is 1.06. The molecule has 0 atom stereocenters. The first kappa shape index (κ1) is 36.0. The molecule has 290 valence electrons. The maximum atomic E-state index is 4.03. The van der Waals surface area contributed by atoms with Crippen molar-refractivity contribution in [2.75, 3.05) is 9.80 Å². The lowest BCUT2D eigenvalue weighted by Crippen LogP contribution is -2.26. The van der Waals surface area contributed by atoms with Gasteiger partial charge in [0.05, 0.1) is 5.41 Å². The van der Waals surface area contributed by atoms with E-state index in [9.17, 15) is 0 Å².